The molecule has 3 rings (SSSR count). The lowest BCUT2D eigenvalue weighted by Gasteiger charge is -2.12. The number of anilines is 3. The SMILES string of the molecule is COc1ccc(OC)c(Nc2ccc(NC(=O)Cc3ccc(C)cc3)cn2)c1. The molecule has 0 bridgehead atoms. The van der Waals surface area contributed by atoms with E-state index in [0.717, 1.165) is 11.3 Å². The van der Waals surface area contributed by atoms with Crippen LogP contribution >= 0.6 is 0 Å². The summed E-state index contributed by atoms with van der Waals surface area (Å²) in [7, 11) is 3.21. The third kappa shape index (κ3) is 5.01. The highest BCUT2D eigenvalue weighted by atomic mass is 16.5. The molecule has 0 spiro atoms. The number of methoxy groups -OCH3 is 2. The van der Waals surface area contributed by atoms with Gasteiger partial charge in [0.25, 0.3) is 0 Å². The molecule has 144 valence electrons. The molecule has 0 fully saturated rings. The first-order valence-corrected chi connectivity index (χ1v) is 8.88. The maximum atomic E-state index is 12.2. The highest BCUT2D eigenvalue weighted by Gasteiger charge is 2.08. The van der Waals surface area contributed by atoms with Crippen LogP contribution in [-0.2, 0) is 11.2 Å². The van der Waals surface area contributed by atoms with Crippen molar-refractivity contribution >= 4 is 23.1 Å². The maximum absolute atomic E-state index is 12.2. The van der Waals surface area contributed by atoms with Gasteiger partial charge in [-0.05, 0) is 36.8 Å². The number of pyridine rings is 1. The number of amides is 1. The Morgan fingerprint density at radius 1 is 1.00 bits per heavy atom. The van der Waals surface area contributed by atoms with Crippen LogP contribution in [0.4, 0.5) is 17.2 Å². The van der Waals surface area contributed by atoms with Crippen molar-refractivity contribution in [2.75, 3.05) is 24.9 Å². The Bertz CT molecular complexity index is 938. The smallest absolute Gasteiger partial charge is 0.228 e. The number of ether oxygens (including phenoxy) is 2. The third-order valence-electron chi connectivity index (χ3n) is 4.20. The predicted molar refractivity (Wildman–Crippen MR) is 111 cm³/mol. The van der Waals surface area contributed by atoms with Crippen LogP contribution in [0.25, 0.3) is 0 Å². The van der Waals surface area contributed by atoms with E-state index in [9.17, 15) is 4.79 Å². The lowest BCUT2D eigenvalue weighted by molar-refractivity contribution is -0.115. The number of benzene rings is 2. The van der Waals surface area contributed by atoms with Gasteiger partial charge in [0.15, 0.2) is 0 Å². The molecule has 1 amide bonds. The summed E-state index contributed by atoms with van der Waals surface area (Å²) in [5, 5.41) is 6.06. The van der Waals surface area contributed by atoms with E-state index < -0.39 is 0 Å². The Morgan fingerprint density at radius 2 is 1.79 bits per heavy atom. The van der Waals surface area contributed by atoms with Gasteiger partial charge in [-0.1, -0.05) is 29.8 Å². The molecule has 0 aliphatic rings. The van der Waals surface area contributed by atoms with Crippen LogP contribution in [-0.4, -0.2) is 25.1 Å². The Morgan fingerprint density at radius 3 is 2.43 bits per heavy atom. The predicted octanol–water partition coefficient (Wildman–Crippen LogP) is 4.33. The molecule has 0 unspecified atom stereocenters. The van der Waals surface area contributed by atoms with Crippen molar-refractivity contribution in [3.63, 3.8) is 0 Å². The second-order valence-electron chi connectivity index (χ2n) is 6.33. The number of aryl methyl sites for hydroxylation is 1. The summed E-state index contributed by atoms with van der Waals surface area (Å²) in [5.41, 5.74) is 3.52. The van der Waals surface area contributed by atoms with Crippen molar-refractivity contribution < 1.29 is 14.3 Å². The number of rotatable bonds is 7. The van der Waals surface area contributed by atoms with Gasteiger partial charge in [-0.3, -0.25) is 4.79 Å². The van der Waals surface area contributed by atoms with Crippen LogP contribution in [0.3, 0.4) is 0 Å². The first-order valence-electron chi connectivity index (χ1n) is 8.88. The fourth-order valence-corrected chi connectivity index (χ4v) is 2.69. The minimum atomic E-state index is -0.0826. The van der Waals surface area contributed by atoms with Crippen LogP contribution in [0.1, 0.15) is 11.1 Å². The van der Waals surface area contributed by atoms with Crippen LogP contribution in [0.5, 0.6) is 11.5 Å². The molecule has 6 heteroatoms. The Kier molecular flexibility index (Phi) is 6.11. The van der Waals surface area contributed by atoms with Gasteiger partial charge in [-0.2, -0.15) is 0 Å². The van der Waals surface area contributed by atoms with Crippen molar-refractivity contribution in [2.24, 2.45) is 0 Å². The fraction of sp³-hybridized carbons (Fsp3) is 0.182. The highest BCUT2D eigenvalue weighted by molar-refractivity contribution is 5.92. The minimum absolute atomic E-state index is 0.0826. The van der Waals surface area contributed by atoms with Gasteiger partial charge in [-0.25, -0.2) is 4.98 Å². The number of carbonyl (C=O) groups excluding carboxylic acids is 1. The Labute approximate surface area is 164 Å². The number of nitrogens with one attached hydrogen (secondary N) is 2. The molecule has 6 nitrogen and oxygen atoms in total. The normalized spacial score (nSPS) is 10.2. The van der Waals surface area contributed by atoms with E-state index in [-0.39, 0.29) is 5.91 Å². The maximum Gasteiger partial charge on any atom is 0.228 e. The molecular weight excluding hydrogens is 354 g/mol. The quantitative estimate of drug-likeness (QED) is 0.641. The molecule has 28 heavy (non-hydrogen) atoms. The monoisotopic (exact) mass is 377 g/mol. The standard InChI is InChI=1S/C22H23N3O3/c1-15-4-6-16(7-5-15)12-22(26)24-17-8-11-21(23-14-17)25-19-13-18(27-2)9-10-20(19)28-3/h4-11,13-14H,12H2,1-3H3,(H,23,25)(H,24,26). The van der Waals surface area contributed by atoms with E-state index in [2.05, 4.69) is 15.6 Å². The van der Waals surface area contributed by atoms with Crippen LogP contribution in [0, 0.1) is 6.92 Å². The summed E-state index contributed by atoms with van der Waals surface area (Å²) in [6, 6.07) is 17.0. The average Bonchev–Trinajstić information content (AvgIpc) is 2.71. The number of hydrogen-bond donors (Lipinski definition) is 2. The number of nitrogens with zero attached hydrogens (tertiary/aromatic N) is 1. The Hall–Kier alpha value is -3.54. The summed E-state index contributed by atoms with van der Waals surface area (Å²) in [5.74, 6) is 1.94. The molecule has 1 heterocycles. The molecule has 2 N–H and O–H groups in total. The van der Waals surface area contributed by atoms with E-state index in [4.69, 9.17) is 9.47 Å². The topological polar surface area (TPSA) is 72.5 Å². The second-order valence-corrected chi connectivity index (χ2v) is 6.33. The number of carbonyl (C=O) groups is 1. The van der Waals surface area contributed by atoms with Crippen LogP contribution in [0.2, 0.25) is 0 Å². The zero-order valence-electron chi connectivity index (χ0n) is 16.2. The molecule has 2 aromatic carbocycles. The largest absolute Gasteiger partial charge is 0.497 e. The molecule has 0 saturated heterocycles. The molecule has 3 aromatic rings. The molecule has 0 radical (unpaired) electrons. The first-order chi connectivity index (χ1) is 13.6. The summed E-state index contributed by atoms with van der Waals surface area (Å²) < 4.78 is 10.6. The Balaban J connectivity index is 1.63. The molecule has 0 aliphatic heterocycles. The molecule has 1 aromatic heterocycles. The molecule has 0 aliphatic carbocycles. The lowest BCUT2D eigenvalue weighted by Crippen LogP contribution is -2.14. The average molecular weight is 377 g/mol. The highest BCUT2D eigenvalue weighted by Crippen LogP contribution is 2.31. The van der Waals surface area contributed by atoms with Crippen molar-refractivity contribution in [3.05, 3.63) is 71.9 Å². The first kappa shape index (κ1) is 19.2. The third-order valence-corrected chi connectivity index (χ3v) is 4.20. The number of aromatic nitrogens is 1. The van der Waals surface area contributed by atoms with Gasteiger partial charge in [-0.15, -0.1) is 0 Å². The zero-order valence-corrected chi connectivity index (χ0v) is 16.2. The number of hydrogen-bond acceptors (Lipinski definition) is 5. The van der Waals surface area contributed by atoms with Crippen molar-refractivity contribution in [1.82, 2.24) is 4.98 Å². The van der Waals surface area contributed by atoms with E-state index in [0.29, 0.717) is 29.4 Å². The van der Waals surface area contributed by atoms with Crippen molar-refractivity contribution in [1.29, 1.82) is 0 Å². The molecule has 0 atom stereocenters. The van der Waals surface area contributed by atoms with E-state index >= 15 is 0 Å². The van der Waals surface area contributed by atoms with Crippen LogP contribution < -0.4 is 20.1 Å². The van der Waals surface area contributed by atoms with Gasteiger partial charge >= 0.3 is 0 Å². The van der Waals surface area contributed by atoms with Gasteiger partial charge < -0.3 is 20.1 Å². The van der Waals surface area contributed by atoms with E-state index in [1.54, 1.807) is 32.5 Å². The van der Waals surface area contributed by atoms with Crippen LogP contribution in [0.15, 0.2) is 60.8 Å². The van der Waals surface area contributed by atoms with Gasteiger partial charge in [0.1, 0.15) is 17.3 Å². The summed E-state index contributed by atoms with van der Waals surface area (Å²) in [4.78, 5) is 16.6. The van der Waals surface area contributed by atoms with Gasteiger partial charge in [0.2, 0.25) is 5.91 Å². The summed E-state index contributed by atoms with van der Waals surface area (Å²) in [6.45, 7) is 2.02. The molecular formula is C22H23N3O3. The summed E-state index contributed by atoms with van der Waals surface area (Å²) in [6.07, 6.45) is 1.93. The van der Waals surface area contributed by atoms with E-state index in [1.165, 1.54) is 5.56 Å². The lowest BCUT2D eigenvalue weighted by atomic mass is 10.1. The van der Waals surface area contributed by atoms with Crippen molar-refractivity contribution in [2.45, 2.75) is 13.3 Å². The minimum Gasteiger partial charge on any atom is -0.497 e. The zero-order chi connectivity index (χ0) is 19.9. The van der Waals surface area contributed by atoms with Gasteiger partial charge in [0, 0.05) is 6.07 Å². The fourth-order valence-electron chi connectivity index (χ4n) is 2.69. The summed E-state index contributed by atoms with van der Waals surface area (Å²) >= 11 is 0. The van der Waals surface area contributed by atoms with Gasteiger partial charge in [0.05, 0.1) is 38.2 Å². The van der Waals surface area contributed by atoms with Crippen molar-refractivity contribution in [3.8, 4) is 11.5 Å². The molecule has 0 saturated carbocycles. The second kappa shape index (κ2) is 8.90. The van der Waals surface area contributed by atoms with E-state index in [1.807, 2.05) is 49.4 Å².